The van der Waals surface area contributed by atoms with Crippen molar-refractivity contribution in [2.24, 2.45) is 0 Å². The Morgan fingerprint density at radius 1 is 1.16 bits per heavy atom. The minimum Gasteiger partial charge on any atom is -0.480 e. The Labute approximate surface area is 179 Å². The number of nitrogens with one attached hydrogen (secondary N) is 2. The van der Waals surface area contributed by atoms with Gasteiger partial charge in [-0.2, -0.15) is 0 Å². The number of ether oxygens (including phenoxy) is 1. The molecule has 3 heterocycles. The van der Waals surface area contributed by atoms with E-state index in [-0.39, 0.29) is 23.4 Å². The molecule has 1 amide bonds. The standard InChI is InChI=1S/C20H20N6O4S/c1-30-19-12-21-11-18(25-19)13-2-5-17(23-9-13)20(27)24-10-15-8-14(6-7-22-15)26-31(28,29)16-3-4-16/h2,5-9,11-12,16H,3-4,10H2,1H3,(H,22,26)(H,24,27). The van der Waals surface area contributed by atoms with Crippen molar-refractivity contribution >= 4 is 21.6 Å². The first-order chi connectivity index (χ1) is 14.9. The second-order valence-corrected chi connectivity index (χ2v) is 8.90. The maximum Gasteiger partial charge on any atom is 0.270 e. The molecule has 4 rings (SSSR count). The maximum absolute atomic E-state index is 12.4. The second kappa shape index (κ2) is 8.64. The van der Waals surface area contributed by atoms with Crippen LogP contribution in [0.2, 0.25) is 0 Å². The van der Waals surface area contributed by atoms with Crippen LogP contribution in [0.15, 0.2) is 49.1 Å². The summed E-state index contributed by atoms with van der Waals surface area (Å²) in [6.45, 7) is 0.128. The second-order valence-electron chi connectivity index (χ2n) is 6.94. The fourth-order valence-corrected chi connectivity index (χ4v) is 4.17. The van der Waals surface area contributed by atoms with Gasteiger partial charge in [-0.15, -0.1) is 0 Å². The summed E-state index contributed by atoms with van der Waals surface area (Å²) in [5.41, 5.74) is 2.44. The van der Waals surface area contributed by atoms with Crippen molar-refractivity contribution in [1.29, 1.82) is 0 Å². The molecule has 1 aliphatic rings. The summed E-state index contributed by atoms with van der Waals surface area (Å²) in [6.07, 6.45) is 7.46. The molecule has 0 radical (unpaired) electrons. The average Bonchev–Trinajstić information content (AvgIpc) is 3.64. The fourth-order valence-electron chi connectivity index (χ4n) is 2.79. The van der Waals surface area contributed by atoms with E-state index in [1.54, 1.807) is 30.5 Å². The van der Waals surface area contributed by atoms with Gasteiger partial charge in [-0.25, -0.2) is 13.4 Å². The zero-order valence-electron chi connectivity index (χ0n) is 16.6. The van der Waals surface area contributed by atoms with Crippen LogP contribution in [-0.2, 0) is 16.6 Å². The van der Waals surface area contributed by atoms with E-state index in [2.05, 4.69) is 30.0 Å². The molecule has 11 heteroatoms. The molecule has 2 N–H and O–H groups in total. The van der Waals surface area contributed by atoms with Crippen LogP contribution in [0.4, 0.5) is 5.69 Å². The molecule has 0 aliphatic heterocycles. The highest BCUT2D eigenvalue weighted by Gasteiger charge is 2.35. The third-order valence-corrected chi connectivity index (χ3v) is 6.45. The normalized spacial score (nSPS) is 13.5. The SMILES string of the molecule is COc1cncc(-c2ccc(C(=O)NCc3cc(NS(=O)(=O)C4CC4)ccn3)nc2)n1. The van der Waals surface area contributed by atoms with Gasteiger partial charge in [-0.3, -0.25) is 24.5 Å². The van der Waals surface area contributed by atoms with Gasteiger partial charge in [0, 0.05) is 18.0 Å². The molecule has 0 spiro atoms. The van der Waals surface area contributed by atoms with Crippen LogP contribution >= 0.6 is 0 Å². The number of hydrogen-bond acceptors (Lipinski definition) is 8. The van der Waals surface area contributed by atoms with Crippen LogP contribution in [0.5, 0.6) is 5.88 Å². The van der Waals surface area contributed by atoms with Crippen molar-refractivity contribution in [3.8, 4) is 17.1 Å². The van der Waals surface area contributed by atoms with Gasteiger partial charge in [-0.05, 0) is 37.1 Å². The van der Waals surface area contributed by atoms with Crippen molar-refractivity contribution < 1.29 is 17.9 Å². The molecule has 1 saturated carbocycles. The first kappa shape index (κ1) is 20.7. The van der Waals surface area contributed by atoms with Gasteiger partial charge in [0.2, 0.25) is 15.9 Å². The summed E-state index contributed by atoms with van der Waals surface area (Å²) < 4.78 is 31.7. The molecular weight excluding hydrogens is 420 g/mol. The number of sulfonamides is 1. The Balaban J connectivity index is 1.38. The number of anilines is 1. The van der Waals surface area contributed by atoms with Crippen molar-refractivity contribution in [3.05, 3.63) is 60.4 Å². The van der Waals surface area contributed by atoms with E-state index in [0.717, 1.165) is 0 Å². The Morgan fingerprint density at radius 3 is 2.71 bits per heavy atom. The molecule has 3 aromatic heterocycles. The number of rotatable bonds is 8. The minimum atomic E-state index is -3.36. The van der Waals surface area contributed by atoms with Crippen LogP contribution in [0, 0.1) is 0 Å². The lowest BCUT2D eigenvalue weighted by Gasteiger charge is -2.09. The van der Waals surface area contributed by atoms with E-state index >= 15 is 0 Å². The molecule has 0 bridgehead atoms. The summed E-state index contributed by atoms with van der Waals surface area (Å²) in [5.74, 6) is 0.00233. The smallest absolute Gasteiger partial charge is 0.270 e. The van der Waals surface area contributed by atoms with Crippen molar-refractivity contribution in [1.82, 2.24) is 25.3 Å². The van der Waals surface area contributed by atoms with Gasteiger partial charge in [-0.1, -0.05) is 0 Å². The maximum atomic E-state index is 12.4. The predicted molar refractivity (Wildman–Crippen MR) is 113 cm³/mol. The lowest BCUT2D eigenvalue weighted by Crippen LogP contribution is -2.24. The van der Waals surface area contributed by atoms with Crippen molar-refractivity contribution in [2.45, 2.75) is 24.6 Å². The molecule has 1 fully saturated rings. The number of nitrogens with zero attached hydrogens (tertiary/aromatic N) is 4. The number of pyridine rings is 2. The number of carbonyl (C=O) groups excluding carboxylic acids is 1. The van der Waals surface area contributed by atoms with Crippen LogP contribution in [0.3, 0.4) is 0 Å². The van der Waals surface area contributed by atoms with Gasteiger partial charge in [0.25, 0.3) is 5.91 Å². The summed E-state index contributed by atoms with van der Waals surface area (Å²) in [7, 11) is -1.85. The summed E-state index contributed by atoms with van der Waals surface area (Å²) in [6, 6.07) is 6.47. The van der Waals surface area contributed by atoms with E-state index < -0.39 is 10.0 Å². The Kier molecular flexibility index (Phi) is 5.76. The molecule has 0 atom stereocenters. The molecule has 0 saturated heterocycles. The topological polar surface area (TPSA) is 136 Å². The van der Waals surface area contributed by atoms with Gasteiger partial charge >= 0.3 is 0 Å². The molecule has 3 aromatic rings. The van der Waals surface area contributed by atoms with Crippen molar-refractivity contribution in [2.75, 3.05) is 11.8 Å². The number of aromatic nitrogens is 4. The monoisotopic (exact) mass is 440 g/mol. The molecular formula is C20H20N6O4S. The molecule has 31 heavy (non-hydrogen) atoms. The Hall–Kier alpha value is -3.60. The van der Waals surface area contributed by atoms with Crippen LogP contribution in [0.1, 0.15) is 29.0 Å². The summed E-state index contributed by atoms with van der Waals surface area (Å²) in [4.78, 5) is 29.1. The number of amides is 1. The van der Waals surface area contributed by atoms with E-state index in [9.17, 15) is 13.2 Å². The highest BCUT2D eigenvalue weighted by atomic mass is 32.2. The van der Waals surface area contributed by atoms with Crippen LogP contribution in [-0.4, -0.2) is 46.6 Å². The highest BCUT2D eigenvalue weighted by molar-refractivity contribution is 7.93. The largest absolute Gasteiger partial charge is 0.480 e. The van der Waals surface area contributed by atoms with Gasteiger partial charge < -0.3 is 10.1 Å². The third kappa shape index (κ3) is 5.12. The first-order valence-corrected chi connectivity index (χ1v) is 11.1. The number of hydrogen-bond donors (Lipinski definition) is 2. The van der Waals surface area contributed by atoms with Crippen molar-refractivity contribution in [3.63, 3.8) is 0 Å². The Bertz CT molecular complexity index is 1200. The van der Waals surface area contributed by atoms with Gasteiger partial charge in [0.1, 0.15) is 5.69 Å². The average molecular weight is 440 g/mol. The predicted octanol–water partition coefficient (Wildman–Crippen LogP) is 1.78. The minimum absolute atomic E-state index is 0.128. The zero-order chi connectivity index (χ0) is 21.8. The number of methoxy groups -OCH3 is 1. The summed E-state index contributed by atoms with van der Waals surface area (Å²) in [5, 5.41) is 2.41. The van der Waals surface area contributed by atoms with E-state index in [1.807, 2.05) is 0 Å². The van der Waals surface area contributed by atoms with Crippen LogP contribution < -0.4 is 14.8 Å². The van der Waals surface area contributed by atoms with E-state index in [1.165, 1.54) is 25.7 Å². The highest BCUT2D eigenvalue weighted by Crippen LogP contribution is 2.29. The zero-order valence-corrected chi connectivity index (χ0v) is 17.5. The molecule has 10 nitrogen and oxygen atoms in total. The Morgan fingerprint density at radius 2 is 2.00 bits per heavy atom. The third-order valence-electron chi connectivity index (χ3n) is 4.58. The van der Waals surface area contributed by atoms with Crippen LogP contribution in [0.25, 0.3) is 11.3 Å². The lowest BCUT2D eigenvalue weighted by molar-refractivity contribution is 0.0945. The van der Waals surface area contributed by atoms with E-state index in [0.29, 0.717) is 41.4 Å². The van der Waals surface area contributed by atoms with E-state index in [4.69, 9.17) is 4.74 Å². The molecule has 1 aliphatic carbocycles. The molecule has 160 valence electrons. The molecule has 0 unspecified atom stereocenters. The first-order valence-electron chi connectivity index (χ1n) is 9.52. The van der Waals surface area contributed by atoms with Gasteiger partial charge in [0.15, 0.2) is 0 Å². The summed E-state index contributed by atoms with van der Waals surface area (Å²) >= 11 is 0. The quantitative estimate of drug-likeness (QED) is 0.541. The van der Waals surface area contributed by atoms with Gasteiger partial charge in [0.05, 0.1) is 48.4 Å². The number of carbonyl (C=O) groups is 1. The lowest BCUT2D eigenvalue weighted by atomic mass is 10.2. The fraction of sp³-hybridized carbons (Fsp3) is 0.250. The molecule has 0 aromatic carbocycles.